The van der Waals surface area contributed by atoms with Gasteiger partial charge < -0.3 is 24.0 Å². The van der Waals surface area contributed by atoms with Crippen LogP contribution in [0.3, 0.4) is 0 Å². The van der Waals surface area contributed by atoms with E-state index < -0.39 is 12.0 Å². The second-order valence-corrected chi connectivity index (χ2v) is 9.27. The first-order valence-electron chi connectivity index (χ1n) is 12.1. The second kappa shape index (κ2) is 11.6. The minimum Gasteiger partial charge on any atom is -0.497 e. The van der Waals surface area contributed by atoms with Gasteiger partial charge in [-0.25, -0.2) is 9.79 Å². The van der Waals surface area contributed by atoms with Gasteiger partial charge in [-0.1, -0.05) is 42.1 Å². The van der Waals surface area contributed by atoms with Crippen molar-refractivity contribution in [1.29, 1.82) is 0 Å². The molecule has 2 aliphatic rings. The lowest BCUT2D eigenvalue weighted by Gasteiger charge is -2.37. The van der Waals surface area contributed by atoms with E-state index in [1.165, 1.54) is 11.8 Å². The van der Waals surface area contributed by atoms with E-state index in [-0.39, 0.29) is 18.9 Å². The summed E-state index contributed by atoms with van der Waals surface area (Å²) in [5, 5.41) is 2.60. The summed E-state index contributed by atoms with van der Waals surface area (Å²) in [6.45, 7) is 4.51. The highest BCUT2D eigenvalue weighted by Gasteiger charge is 2.43. The third kappa shape index (κ3) is 5.22. The van der Waals surface area contributed by atoms with Crippen molar-refractivity contribution in [2.45, 2.75) is 26.3 Å². The van der Waals surface area contributed by atoms with Gasteiger partial charge in [0.1, 0.15) is 11.5 Å². The van der Waals surface area contributed by atoms with Crippen LogP contribution in [0.1, 0.15) is 37.4 Å². The lowest BCUT2D eigenvalue weighted by molar-refractivity contribution is -0.139. The third-order valence-corrected chi connectivity index (χ3v) is 7.21. The van der Waals surface area contributed by atoms with E-state index in [1.54, 1.807) is 39.2 Å². The number of ether oxygens (including phenoxy) is 3. The Labute approximate surface area is 221 Å². The molecule has 2 aromatic rings. The van der Waals surface area contributed by atoms with Gasteiger partial charge in [0.15, 0.2) is 5.17 Å². The number of fused-ring (bicyclic) bond motifs is 1. The van der Waals surface area contributed by atoms with Crippen LogP contribution in [0.4, 0.5) is 0 Å². The van der Waals surface area contributed by atoms with E-state index in [4.69, 9.17) is 19.2 Å². The molecule has 1 amide bonds. The lowest BCUT2D eigenvalue weighted by Crippen LogP contribution is -2.38. The molecule has 9 heteroatoms. The van der Waals surface area contributed by atoms with Crippen LogP contribution in [0.2, 0.25) is 0 Å². The molecule has 37 heavy (non-hydrogen) atoms. The minimum atomic E-state index is -0.659. The van der Waals surface area contributed by atoms with E-state index in [9.17, 15) is 9.59 Å². The predicted octanol–water partition coefficient (Wildman–Crippen LogP) is 4.85. The number of benzene rings is 2. The fraction of sp³-hybridized carbons (Fsp3) is 0.321. The highest BCUT2D eigenvalue weighted by Crippen LogP contribution is 2.49. The zero-order chi connectivity index (χ0) is 26.5. The van der Waals surface area contributed by atoms with Gasteiger partial charge in [0.25, 0.3) is 0 Å². The van der Waals surface area contributed by atoms with Crippen LogP contribution >= 0.6 is 11.8 Å². The van der Waals surface area contributed by atoms with Crippen LogP contribution in [0.25, 0.3) is 5.70 Å². The lowest BCUT2D eigenvalue weighted by atomic mass is 9.90. The van der Waals surface area contributed by atoms with Gasteiger partial charge >= 0.3 is 5.97 Å². The van der Waals surface area contributed by atoms with Gasteiger partial charge in [-0.05, 0) is 37.5 Å². The number of hydrogen-bond acceptors (Lipinski definition) is 8. The van der Waals surface area contributed by atoms with E-state index in [0.717, 1.165) is 11.3 Å². The molecular weight excluding hydrogens is 490 g/mol. The van der Waals surface area contributed by atoms with Crippen LogP contribution in [0.5, 0.6) is 11.5 Å². The number of hydrogen-bond donors (Lipinski definition) is 0. The normalized spacial score (nSPS) is 16.6. The van der Waals surface area contributed by atoms with Crippen molar-refractivity contribution in [2.24, 2.45) is 4.99 Å². The molecule has 0 unspecified atom stereocenters. The van der Waals surface area contributed by atoms with Crippen LogP contribution in [-0.2, 0) is 14.3 Å². The number of aliphatic imine (C=N–C) groups is 1. The van der Waals surface area contributed by atoms with Gasteiger partial charge in [-0.15, -0.1) is 0 Å². The first-order valence-corrected chi connectivity index (χ1v) is 13.0. The average molecular weight is 522 g/mol. The number of esters is 1. The Morgan fingerprint density at radius 2 is 1.84 bits per heavy atom. The maximum atomic E-state index is 13.6. The van der Waals surface area contributed by atoms with Crippen LogP contribution < -0.4 is 9.47 Å². The van der Waals surface area contributed by atoms with Crippen molar-refractivity contribution >= 4 is 34.5 Å². The third-order valence-electron chi connectivity index (χ3n) is 6.32. The van der Waals surface area contributed by atoms with Crippen molar-refractivity contribution in [3.05, 3.63) is 76.3 Å². The molecule has 0 spiro atoms. The van der Waals surface area contributed by atoms with E-state index in [0.29, 0.717) is 40.0 Å². The summed E-state index contributed by atoms with van der Waals surface area (Å²) in [5.41, 5.74) is 3.14. The Hall–Kier alpha value is -3.72. The number of amidine groups is 1. The molecule has 8 nitrogen and oxygen atoms in total. The number of thioether (sulfide) groups is 1. The maximum Gasteiger partial charge on any atom is 0.338 e. The van der Waals surface area contributed by atoms with Crippen LogP contribution in [-0.4, -0.2) is 61.3 Å². The Morgan fingerprint density at radius 1 is 1.08 bits per heavy atom. The van der Waals surface area contributed by atoms with Gasteiger partial charge in [0, 0.05) is 30.4 Å². The zero-order valence-electron chi connectivity index (χ0n) is 21.7. The molecule has 1 atom stereocenters. The largest absolute Gasteiger partial charge is 0.497 e. The van der Waals surface area contributed by atoms with Crippen molar-refractivity contribution in [3.8, 4) is 11.5 Å². The summed E-state index contributed by atoms with van der Waals surface area (Å²) >= 11 is 1.43. The van der Waals surface area contributed by atoms with Gasteiger partial charge in [-0.3, -0.25) is 4.79 Å². The number of amides is 1. The molecule has 0 aromatic heterocycles. The summed E-state index contributed by atoms with van der Waals surface area (Å²) in [4.78, 5) is 35.1. The zero-order valence-corrected chi connectivity index (χ0v) is 22.5. The highest BCUT2D eigenvalue weighted by atomic mass is 32.2. The summed E-state index contributed by atoms with van der Waals surface area (Å²) < 4.78 is 16.8. The Balaban J connectivity index is 1.96. The molecule has 2 aromatic carbocycles. The second-order valence-electron chi connectivity index (χ2n) is 8.44. The average Bonchev–Trinajstić information content (AvgIpc) is 3.33. The molecule has 0 radical (unpaired) electrons. The van der Waals surface area contributed by atoms with Crippen LogP contribution in [0, 0.1) is 0 Å². The first-order chi connectivity index (χ1) is 17.9. The summed E-state index contributed by atoms with van der Waals surface area (Å²) in [6.07, 6.45) is 0.163. The molecule has 4 rings (SSSR count). The number of carbonyl (C=O) groups excluding carboxylic acids is 2. The van der Waals surface area contributed by atoms with Crippen molar-refractivity contribution in [3.63, 3.8) is 0 Å². The monoisotopic (exact) mass is 521 g/mol. The molecule has 0 N–H and O–H groups in total. The molecule has 2 heterocycles. The van der Waals surface area contributed by atoms with Crippen molar-refractivity contribution < 1.29 is 23.8 Å². The number of rotatable bonds is 9. The molecule has 0 saturated carbocycles. The fourth-order valence-electron chi connectivity index (χ4n) is 4.30. The molecule has 194 valence electrons. The topological polar surface area (TPSA) is 80.7 Å². The van der Waals surface area contributed by atoms with Gasteiger partial charge in [0.2, 0.25) is 5.91 Å². The summed E-state index contributed by atoms with van der Waals surface area (Å²) in [7, 11) is 4.95. The number of nitrogens with zero attached hydrogens (tertiary/aromatic N) is 3. The molecule has 0 saturated heterocycles. The van der Waals surface area contributed by atoms with Crippen molar-refractivity contribution in [1.82, 2.24) is 9.80 Å². The molecule has 0 aliphatic carbocycles. The molecule has 2 aliphatic heterocycles. The standard InChI is InChI=1S/C28H31N3O5S/c1-6-30(3)23(32)15-19-17-37-28-29-25(18-11-9-8-10-12-18)24(27(33)36-7-2)26(31(19)28)21-16-20(34-4)13-14-22(21)35-5/h8-14,16-17,26H,6-7,15H2,1-5H3/t26-/m0/s1. The van der Waals surface area contributed by atoms with E-state index in [1.807, 2.05) is 59.7 Å². The van der Waals surface area contributed by atoms with E-state index >= 15 is 0 Å². The summed E-state index contributed by atoms with van der Waals surface area (Å²) in [5.74, 6) is 0.688. The SMILES string of the molecule is CCOC(=O)C1=C(c2ccccc2)N=C2SC=C(CC(=O)N(C)CC)N2[C@H]1c1cc(OC)ccc1OC. The number of carbonyl (C=O) groups is 2. The maximum absolute atomic E-state index is 13.6. The fourth-order valence-corrected chi connectivity index (χ4v) is 5.22. The quantitative estimate of drug-likeness (QED) is 0.437. The first kappa shape index (κ1) is 26.3. The molecule has 0 bridgehead atoms. The number of methoxy groups -OCH3 is 2. The smallest absolute Gasteiger partial charge is 0.338 e. The Kier molecular flexibility index (Phi) is 8.23. The molecular formula is C28H31N3O5S. The highest BCUT2D eigenvalue weighted by molar-refractivity contribution is 8.16. The van der Waals surface area contributed by atoms with Crippen molar-refractivity contribution in [2.75, 3.05) is 34.4 Å². The minimum absolute atomic E-state index is 0.0255. The van der Waals surface area contributed by atoms with Crippen LogP contribution in [0.15, 0.2) is 70.2 Å². The van der Waals surface area contributed by atoms with Gasteiger partial charge in [-0.2, -0.15) is 0 Å². The summed E-state index contributed by atoms with van der Waals surface area (Å²) in [6, 6.07) is 14.4. The Morgan fingerprint density at radius 3 is 2.49 bits per heavy atom. The predicted molar refractivity (Wildman–Crippen MR) is 145 cm³/mol. The molecule has 0 fully saturated rings. The van der Waals surface area contributed by atoms with E-state index in [2.05, 4.69) is 0 Å². The Bertz CT molecular complexity index is 1270. The van der Waals surface area contributed by atoms with Gasteiger partial charge in [0.05, 0.1) is 44.6 Å².